The van der Waals surface area contributed by atoms with Crippen LogP contribution >= 0.6 is 0 Å². The number of benzene rings is 3. The Kier molecular flexibility index (Phi) is 8.39. The number of carboxylic acids is 3. The van der Waals surface area contributed by atoms with E-state index in [1.54, 1.807) is 12.1 Å². The van der Waals surface area contributed by atoms with E-state index >= 15 is 0 Å². The maximum atomic E-state index is 12.9. The molecule has 0 heterocycles. The van der Waals surface area contributed by atoms with Crippen molar-refractivity contribution in [2.24, 2.45) is 0 Å². The van der Waals surface area contributed by atoms with Gasteiger partial charge in [-0.05, 0) is 35.4 Å². The second kappa shape index (κ2) is 11.8. The predicted molar refractivity (Wildman–Crippen MR) is 129 cm³/mol. The van der Waals surface area contributed by atoms with Gasteiger partial charge in [0.25, 0.3) is 5.91 Å². The van der Waals surface area contributed by atoms with Crippen LogP contribution in [0.5, 0.6) is 11.5 Å². The number of carbonyl (C=O) groups is 4. The molecule has 0 atom stereocenters. The summed E-state index contributed by atoms with van der Waals surface area (Å²) in [7, 11) is 0. The van der Waals surface area contributed by atoms with Gasteiger partial charge in [0.1, 0.15) is 11.5 Å². The Morgan fingerprint density at radius 2 is 1.31 bits per heavy atom. The molecule has 3 rings (SSSR count). The second-order valence-corrected chi connectivity index (χ2v) is 7.37. The van der Waals surface area contributed by atoms with Crippen molar-refractivity contribution in [3.8, 4) is 11.5 Å². The van der Waals surface area contributed by atoms with Crippen molar-refractivity contribution in [2.75, 3.05) is 18.5 Å². The number of anilines is 1. The van der Waals surface area contributed by atoms with Crippen LogP contribution in [-0.2, 0) is 9.59 Å². The minimum absolute atomic E-state index is 0.0224. The molecule has 10 heteroatoms. The molecular formula is C26H21NO9. The fourth-order valence-electron chi connectivity index (χ4n) is 3.06. The molecule has 0 radical (unpaired) electrons. The first-order valence-electron chi connectivity index (χ1n) is 10.5. The zero-order valence-electron chi connectivity index (χ0n) is 18.7. The number of hydrogen-bond donors (Lipinski definition) is 4. The number of ether oxygens (including phenoxy) is 2. The van der Waals surface area contributed by atoms with Crippen LogP contribution in [0.25, 0.3) is 12.2 Å². The highest BCUT2D eigenvalue weighted by molar-refractivity contribution is 6.08. The van der Waals surface area contributed by atoms with E-state index in [9.17, 15) is 24.3 Å². The molecule has 4 N–H and O–H groups in total. The Morgan fingerprint density at radius 3 is 1.86 bits per heavy atom. The fourth-order valence-corrected chi connectivity index (χ4v) is 3.06. The molecule has 3 aromatic rings. The van der Waals surface area contributed by atoms with Crippen LogP contribution in [0, 0.1) is 0 Å². The molecule has 10 nitrogen and oxygen atoms in total. The average molecular weight is 491 g/mol. The van der Waals surface area contributed by atoms with E-state index in [4.69, 9.17) is 19.7 Å². The van der Waals surface area contributed by atoms with Gasteiger partial charge in [-0.15, -0.1) is 0 Å². The summed E-state index contributed by atoms with van der Waals surface area (Å²) in [5, 5.41) is 29.8. The average Bonchev–Trinajstić information content (AvgIpc) is 2.86. The monoisotopic (exact) mass is 491 g/mol. The maximum absolute atomic E-state index is 12.9. The summed E-state index contributed by atoms with van der Waals surface area (Å²) in [6.45, 7) is -1.41. The molecule has 184 valence electrons. The van der Waals surface area contributed by atoms with Gasteiger partial charge in [0, 0.05) is 11.6 Å². The van der Waals surface area contributed by atoms with E-state index in [0.29, 0.717) is 5.56 Å². The lowest BCUT2D eigenvalue weighted by Crippen LogP contribution is -2.16. The van der Waals surface area contributed by atoms with Crippen LogP contribution in [0.1, 0.15) is 31.8 Å². The zero-order chi connectivity index (χ0) is 26.1. The number of aromatic carboxylic acids is 1. The van der Waals surface area contributed by atoms with Gasteiger partial charge in [0.15, 0.2) is 13.2 Å². The number of nitrogens with one attached hydrogen (secondary N) is 1. The van der Waals surface area contributed by atoms with Gasteiger partial charge in [-0.1, -0.05) is 48.6 Å². The predicted octanol–water partition coefficient (Wildman–Crippen LogP) is 3.73. The highest BCUT2D eigenvalue weighted by Gasteiger charge is 2.17. The largest absolute Gasteiger partial charge is 0.482 e. The molecule has 0 aromatic heterocycles. The first-order chi connectivity index (χ1) is 17.2. The molecular weight excluding hydrogens is 470 g/mol. The smallest absolute Gasteiger partial charge is 0.341 e. The standard InChI is InChI=1S/C26H21NO9/c28-23(29)14-35-19-11-18(12-20(13-19)36-15-24(30)31)25(32)27-22-9-8-17(10-21(22)26(33)34)7-6-16-4-2-1-3-5-16/h1-13H,14-15H2,(H,27,32)(H,28,29)(H,30,31)(H,33,34). The SMILES string of the molecule is O=C(O)COc1cc(OCC(=O)O)cc(C(=O)Nc2ccc(C=Cc3ccccc3)cc2C(=O)O)c1. The molecule has 36 heavy (non-hydrogen) atoms. The van der Waals surface area contributed by atoms with Crippen LogP contribution in [0.15, 0.2) is 66.7 Å². The van der Waals surface area contributed by atoms with Crippen molar-refractivity contribution in [3.63, 3.8) is 0 Å². The molecule has 3 aromatic carbocycles. The number of carbonyl (C=O) groups excluding carboxylic acids is 1. The van der Waals surface area contributed by atoms with Crippen molar-refractivity contribution >= 4 is 41.7 Å². The third-order valence-corrected chi connectivity index (χ3v) is 4.66. The summed E-state index contributed by atoms with van der Waals surface area (Å²) in [6, 6.07) is 17.6. The minimum atomic E-state index is -1.26. The van der Waals surface area contributed by atoms with Gasteiger partial charge >= 0.3 is 17.9 Å². The summed E-state index contributed by atoms with van der Waals surface area (Å²) in [4.78, 5) is 46.4. The van der Waals surface area contributed by atoms with Crippen molar-refractivity contribution in [1.29, 1.82) is 0 Å². The van der Waals surface area contributed by atoms with Crippen LogP contribution in [0.3, 0.4) is 0 Å². The second-order valence-electron chi connectivity index (χ2n) is 7.37. The van der Waals surface area contributed by atoms with Gasteiger partial charge in [-0.25, -0.2) is 14.4 Å². The first kappa shape index (κ1) is 25.5. The lowest BCUT2D eigenvalue weighted by Gasteiger charge is -2.12. The van der Waals surface area contributed by atoms with Gasteiger partial charge in [-0.3, -0.25) is 4.79 Å². The van der Waals surface area contributed by atoms with Crippen molar-refractivity contribution < 1.29 is 44.0 Å². The number of aliphatic carboxylic acids is 2. The molecule has 0 unspecified atom stereocenters. The molecule has 0 aliphatic carbocycles. The van der Waals surface area contributed by atoms with Crippen LogP contribution in [0.4, 0.5) is 5.69 Å². The summed E-state index contributed by atoms with van der Waals surface area (Å²) in [5.74, 6) is -4.62. The Morgan fingerprint density at radius 1 is 0.722 bits per heavy atom. The zero-order valence-corrected chi connectivity index (χ0v) is 18.7. The summed E-state index contributed by atoms with van der Waals surface area (Å²) in [5.41, 5.74) is 1.33. The maximum Gasteiger partial charge on any atom is 0.341 e. The van der Waals surface area contributed by atoms with E-state index in [0.717, 1.165) is 5.56 Å². The lowest BCUT2D eigenvalue weighted by atomic mass is 10.1. The summed E-state index contributed by atoms with van der Waals surface area (Å²) < 4.78 is 10.2. The molecule has 0 aliphatic heterocycles. The topological polar surface area (TPSA) is 159 Å². The van der Waals surface area contributed by atoms with E-state index < -0.39 is 37.0 Å². The molecule has 0 fully saturated rings. The number of hydrogen-bond acceptors (Lipinski definition) is 6. The number of carboxylic acid groups (broad SMARTS) is 3. The summed E-state index contributed by atoms with van der Waals surface area (Å²) >= 11 is 0. The molecule has 0 bridgehead atoms. The van der Waals surface area contributed by atoms with E-state index in [1.165, 1.54) is 30.3 Å². The Labute approximate surface area is 205 Å². The number of rotatable bonds is 11. The highest BCUT2D eigenvalue weighted by Crippen LogP contribution is 2.25. The van der Waals surface area contributed by atoms with Crippen molar-refractivity contribution in [2.45, 2.75) is 0 Å². The van der Waals surface area contributed by atoms with Gasteiger partial charge in [0.05, 0.1) is 11.3 Å². The quantitative estimate of drug-likeness (QED) is 0.293. The Hall–Kier alpha value is -5.12. The van der Waals surface area contributed by atoms with Gasteiger partial charge in [0.2, 0.25) is 0 Å². The number of amides is 1. The van der Waals surface area contributed by atoms with Crippen LogP contribution in [-0.4, -0.2) is 52.3 Å². The Balaban J connectivity index is 1.86. The van der Waals surface area contributed by atoms with Gasteiger partial charge < -0.3 is 30.1 Å². The van der Waals surface area contributed by atoms with Gasteiger partial charge in [-0.2, -0.15) is 0 Å². The molecule has 0 saturated heterocycles. The molecule has 0 spiro atoms. The normalized spacial score (nSPS) is 10.6. The Bertz CT molecular complexity index is 1280. The highest BCUT2D eigenvalue weighted by atomic mass is 16.5. The fraction of sp³-hybridized carbons (Fsp3) is 0.0769. The molecule has 1 amide bonds. The van der Waals surface area contributed by atoms with E-state index in [-0.39, 0.29) is 28.3 Å². The van der Waals surface area contributed by atoms with E-state index in [2.05, 4.69) is 5.32 Å². The van der Waals surface area contributed by atoms with Crippen molar-refractivity contribution in [3.05, 3.63) is 89.0 Å². The molecule has 0 aliphatic rings. The van der Waals surface area contributed by atoms with Crippen LogP contribution in [0.2, 0.25) is 0 Å². The first-order valence-corrected chi connectivity index (χ1v) is 10.5. The lowest BCUT2D eigenvalue weighted by molar-refractivity contribution is -0.140. The summed E-state index contributed by atoms with van der Waals surface area (Å²) in [6.07, 6.45) is 3.56. The van der Waals surface area contributed by atoms with Crippen molar-refractivity contribution in [1.82, 2.24) is 0 Å². The van der Waals surface area contributed by atoms with E-state index in [1.807, 2.05) is 36.4 Å². The third kappa shape index (κ3) is 7.45. The minimum Gasteiger partial charge on any atom is -0.482 e. The van der Waals surface area contributed by atoms with Crippen LogP contribution < -0.4 is 14.8 Å². The molecule has 0 saturated carbocycles. The third-order valence-electron chi connectivity index (χ3n) is 4.66.